The van der Waals surface area contributed by atoms with Gasteiger partial charge in [-0.1, -0.05) is 0 Å². The zero-order valence-electron chi connectivity index (χ0n) is 21.1. The Kier molecular flexibility index (Phi) is 7.89. The van der Waals surface area contributed by atoms with Crippen molar-refractivity contribution in [1.82, 2.24) is 20.2 Å². The first-order valence-corrected chi connectivity index (χ1v) is 13.1. The molecule has 0 aliphatic carbocycles. The molecule has 4 rings (SSSR count). The average Bonchev–Trinajstić information content (AvgIpc) is 3.45. The van der Waals surface area contributed by atoms with Crippen LogP contribution >= 0.6 is 11.3 Å². The van der Waals surface area contributed by atoms with Gasteiger partial charge in [0.25, 0.3) is 18.2 Å². The van der Waals surface area contributed by atoms with Gasteiger partial charge in [-0.3, -0.25) is 9.59 Å². The lowest BCUT2D eigenvalue weighted by Gasteiger charge is -2.23. The highest BCUT2D eigenvalue weighted by molar-refractivity contribution is 7.17. The quantitative estimate of drug-likeness (QED) is 0.562. The summed E-state index contributed by atoms with van der Waals surface area (Å²) >= 11 is 0.953. The van der Waals surface area contributed by atoms with Crippen LogP contribution in [0.2, 0.25) is 0 Å². The van der Waals surface area contributed by atoms with E-state index in [9.17, 15) is 18.4 Å². The Morgan fingerprint density at radius 1 is 1.22 bits per heavy atom. The van der Waals surface area contributed by atoms with Crippen LogP contribution in [0, 0.1) is 0 Å². The first-order valence-electron chi connectivity index (χ1n) is 12.3. The van der Waals surface area contributed by atoms with E-state index in [2.05, 4.69) is 20.6 Å². The molecule has 4 heterocycles. The molecule has 0 saturated carbocycles. The maximum Gasteiger partial charge on any atom is 0.280 e. The zero-order chi connectivity index (χ0) is 26.0. The van der Waals surface area contributed by atoms with Gasteiger partial charge in [-0.05, 0) is 59.4 Å². The number of alkyl halides is 2. The van der Waals surface area contributed by atoms with Crippen LogP contribution in [0.25, 0.3) is 10.4 Å². The summed E-state index contributed by atoms with van der Waals surface area (Å²) in [4.78, 5) is 37.2. The van der Waals surface area contributed by atoms with Gasteiger partial charge in [0.05, 0.1) is 4.88 Å². The summed E-state index contributed by atoms with van der Waals surface area (Å²) in [5, 5.41) is 6.13. The fourth-order valence-corrected chi connectivity index (χ4v) is 5.49. The highest BCUT2D eigenvalue weighted by Gasteiger charge is 2.33. The van der Waals surface area contributed by atoms with Gasteiger partial charge < -0.3 is 20.3 Å². The highest BCUT2D eigenvalue weighted by Crippen LogP contribution is 2.39. The zero-order valence-corrected chi connectivity index (χ0v) is 21.9. The van der Waals surface area contributed by atoms with Gasteiger partial charge >= 0.3 is 0 Å². The van der Waals surface area contributed by atoms with Crippen molar-refractivity contribution in [2.24, 2.45) is 0 Å². The van der Waals surface area contributed by atoms with E-state index >= 15 is 0 Å². The van der Waals surface area contributed by atoms with Crippen LogP contribution in [0.5, 0.6) is 0 Å². The number of amides is 2. The van der Waals surface area contributed by atoms with Gasteiger partial charge in [-0.25, -0.2) is 18.7 Å². The number of halogens is 2. The number of hydrogen-bond donors (Lipinski definition) is 2. The number of nitrogens with one attached hydrogen (secondary N) is 2. The van der Waals surface area contributed by atoms with Crippen molar-refractivity contribution in [2.75, 3.05) is 25.1 Å². The Bertz CT molecular complexity index is 1110. The van der Waals surface area contributed by atoms with E-state index in [0.717, 1.165) is 24.2 Å². The number of ether oxygens (including phenoxy) is 1. The van der Waals surface area contributed by atoms with Gasteiger partial charge in [-0.2, -0.15) is 0 Å². The van der Waals surface area contributed by atoms with Gasteiger partial charge in [0.1, 0.15) is 11.5 Å². The minimum absolute atomic E-state index is 0.0117. The normalized spacial score (nSPS) is 19.1. The van der Waals surface area contributed by atoms with Crippen molar-refractivity contribution in [3.8, 4) is 10.4 Å². The molecule has 11 heteroatoms. The van der Waals surface area contributed by atoms with E-state index in [1.807, 2.05) is 27.7 Å². The van der Waals surface area contributed by atoms with Gasteiger partial charge in [0, 0.05) is 54.7 Å². The standard InChI is InChI=1S/C25H33F2N5O3S/c1-14-6-5-9-32(14)24(34)19-20(36-23(30-19)22(33)29-15-7-10-35-11-8-15)17-13-28-18(31-25(2,3)4)12-16(17)21(26)27/h12-15,21H,5-11H2,1-4H3,(H,28,31)(H,29,33)/t14-/m0/s1. The predicted molar refractivity (Wildman–Crippen MR) is 135 cm³/mol. The molecule has 36 heavy (non-hydrogen) atoms. The topological polar surface area (TPSA) is 96.5 Å². The second kappa shape index (κ2) is 10.8. The molecular formula is C25H33F2N5O3S. The fourth-order valence-electron chi connectivity index (χ4n) is 4.50. The Balaban J connectivity index is 1.75. The molecule has 0 radical (unpaired) electrons. The van der Waals surface area contributed by atoms with E-state index in [-0.39, 0.29) is 50.2 Å². The molecule has 2 saturated heterocycles. The van der Waals surface area contributed by atoms with Crippen molar-refractivity contribution in [3.05, 3.63) is 28.5 Å². The lowest BCUT2D eigenvalue weighted by Crippen LogP contribution is -2.39. The molecule has 2 amide bonds. The van der Waals surface area contributed by atoms with Crippen LogP contribution in [-0.2, 0) is 4.74 Å². The predicted octanol–water partition coefficient (Wildman–Crippen LogP) is 4.89. The second-order valence-electron chi connectivity index (χ2n) is 10.4. The number of carbonyl (C=O) groups is 2. The Labute approximate surface area is 213 Å². The summed E-state index contributed by atoms with van der Waals surface area (Å²) < 4.78 is 33.8. The lowest BCUT2D eigenvalue weighted by molar-refractivity contribution is 0.0696. The van der Waals surface area contributed by atoms with Gasteiger partial charge in [0.15, 0.2) is 5.01 Å². The molecule has 2 aliphatic heterocycles. The minimum atomic E-state index is -2.81. The summed E-state index contributed by atoms with van der Waals surface area (Å²) in [6.07, 6.45) is 1.62. The van der Waals surface area contributed by atoms with Crippen LogP contribution in [0.3, 0.4) is 0 Å². The molecule has 2 fully saturated rings. The maximum absolute atomic E-state index is 14.2. The third kappa shape index (κ3) is 6.00. The number of pyridine rings is 1. The molecule has 196 valence electrons. The van der Waals surface area contributed by atoms with Crippen molar-refractivity contribution >= 4 is 29.0 Å². The number of anilines is 1. The molecule has 2 aliphatic rings. The van der Waals surface area contributed by atoms with Crippen molar-refractivity contribution in [1.29, 1.82) is 0 Å². The number of nitrogens with zero attached hydrogens (tertiary/aromatic N) is 3. The van der Waals surface area contributed by atoms with Crippen LogP contribution in [-0.4, -0.2) is 64.1 Å². The molecule has 0 unspecified atom stereocenters. The number of thiazole rings is 1. The third-order valence-electron chi connectivity index (χ3n) is 6.31. The molecule has 8 nitrogen and oxygen atoms in total. The van der Waals surface area contributed by atoms with Crippen molar-refractivity contribution in [3.63, 3.8) is 0 Å². The van der Waals surface area contributed by atoms with Gasteiger partial charge in [0.2, 0.25) is 0 Å². The molecule has 0 spiro atoms. The SMILES string of the molecule is C[C@H]1CCCN1C(=O)c1nc(C(=O)NC2CCOCC2)sc1-c1cnc(NC(C)(C)C)cc1C(F)F. The van der Waals surface area contributed by atoms with Crippen LogP contribution in [0.4, 0.5) is 14.6 Å². The second-order valence-corrected chi connectivity index (χ2v) is 11.4. The van der Waals surface area contributed by atoms with Crippen LogP contribution in [0.1, 0.15) is 85.7 Å². The summed E-state index contributed by atoms with van der Waals surface area (Å²) in [6.45, 7) is 9.36. The van der Waals surface area contributed by atoms with E-state index < -0.39 is 12.3 Å². The first kappa shape index (κ1) is 26.4. The summed E-state index contributed by atoms with van der Waals surface area (Å²) in [5.41, 5.74) is -0.505. The van der Waals surface area contributed by atoms with E-state index in [1.165, 1.54) is 12.3 Å². The Morgan fingerprint density at radius 3 is 2.56 bits per heavy atom. The molecule has 2 N–H and O–H groups in total. The third-order valence-corrected chi connectivity index (χ3v) is 7.40. The van der Waals surface area contributed by atoms with Crippen LogP contribution in [0.15, 0.2) is 12.3 Å². The molecular weight excluding hydrogens is 488 g/mol. The molecule has 2 aromatic heterocycles. The summed E-state index contributed by atoms with van der Waals surface area (Å²) in [5.74, 6) is -0.461. The maximum atomic E-state index is 14.2. The van der Waals surface area contributed by atoms with Gasteiger partial charge in [-0.15, -0.1) is 11.3 Å². The van der Waals surface area contributed by atoms with Crippen LogP contribution < -0.4 is 10.6 Å². The van der Waals surface area contributed by atoms with E-state index in [1.54, 1.807) is 4.90 Å². The smallest absolute Gasteiger partial charge is 0.280 e. The number of rotatable bonds is 6. The number of carbonyl (C=O) groups excluding carboxylic acids is 2. The summed E-state index contributed by atoms with van der Waals surface area (Å²) in [6, 6.07) is 1.26. The van der Waals surface area contributed by atoms with E-state index in [0.29, 0.717) is 38.4 Å². The summed E-state index contributed by atoms with van der Waals surface area (Å²) in [7, 11) is 0. The molecule has 0 bridgehead atoms. The average molecular weight is 522 g/mol. The molecule has 2 aromatic rings. The fraction of sp³-hybridized carbons (Fsp3) is 0.600. The number of aromatic nitrogens is 2. The van der Waals surface area contributed by atoms with Crippen molar-refractivity contribution in [2.45, 2.75) is 77.4 Å². The minimum Gasteiger partial charge on any atom is -0.381 e. The number of likely N-dealkylation sites (tertiary alicyclic amines) is 1. The monoisotopic (exact) mass is 521 g/mol. The largest absolute Gasteiger partial charge is 0.381 e. The molecule has 0 aromatic carbocycles. The number of hydrogen-bond acceptors (Lipinski definition) is 7. The lowest BCUT2D eigenvalue weighted by atomic mass is 10.1. The van der Waals surface area contributed by atoms with E-state index in [4.69, 9.17) is 4.74 Å². The molecule has 1 atom stereocenters. The Morgan fingerprint density at radius 2 is 1.94 bits per heavy atom. The van der Waals surface area contributed by atoms with Crippen molar-refractivity contribution < 1.29 is 23.1 Å². The first-order chi connectivity index (χ1) is 17.0. The Hall–Kier alpha value is -2.66. The highest BCUT2D eigenvalue weighted by atomic mass is 32.1.